The van der Waals surface area contributed by atoms with Crippen LogP contribution in [0, 0.1) is 5.92 Å². The largest absolute Gasteiger partial charge is 0.444 e. The highest BCUT2D eigenvalue weighted by atomic mass is 16.6. The first kappa shape index (κ1) is 15.0. The zero-order valence-corrected chi connectivity index (χ0v) is 12.4. The van der Waals surface area contributed by atoms with E-state index in [9.17, 15) is 9.59 Å². The molecule has 18 heavy (non-hydrogen) atoms. The summed E-state index contributed by atoms with van der Waals surface area (Å²) < 4.78 is 5.38. The van der Waals surface area contributed by atoms with Crippen molar-refractivity contribution < 1.29 is 14.3 Å². The van der Waals surface area contributed by atoms with E-state index in [4.69, 9.17) is 4.74 Å². The molecule has 0 radical (unpaired) electrons. The molecule has 0 aromatic rings. The van der Waals surface area contributed by atoms with Gasteiger partial charge in [0, 0.05) is 12.5 Å². The average molecular weight is 255 g/mol. The van der Waals surface area contributed by atoms with Crippen molar-refractivity contribution in [1.82, 2.24) is 4.90 Å². The maximum atomic E-state index is 12.3. The zero-order valence-electron chi connectivity index (χ0n) is 12.4. The molecule has 0 spiro atoms. The van der Waals surface area contributed by atoms with Crippen molar-refractivity contribution in [3.8, 4) is 0 Å². The predicted molar refractivity (Wildman–Crippen MR) is 70.4 cm³/mol. The normalized spacial score (nSPS) is 24.5. The first-order chi connectivity index (χ1) is 8.08. The highest BCUT2D eigenvalue weighted by molar-refractivity contribution is 5.93. The summed E-state index contributed by atoms with van der Waals surface area (Å²) in [6, 6.07) is 0. The summed E-state index contributed by atoms with van der Waals surface area (Å²) in [5.41, 5.74) is -1.22. The van der Waals surface area contributed by atoms with Gasteiger partial charge in [0.25, 0.3) is 0 Å². The van der Waals surface area contributed by atoms with Crippen molar-refractivity contribution in [3.05, 3.63) is 0 Å². The maximum Gasteiger partial charge on any atom is 0.411 e. The SMILES string of the molecule is CC(C)C(=O)[C@@]1(C)CCCN1C(=O)OC(C)(C)C. The van der Waals surface area contributed by atoms with Crippen molar-refractivity contribution in [3.63, 3.8) is 0 Å². The maximum absolute atomic E-state index is 12.3. The fourth-order valence-corrected chi connectivity index (χ4v) is 2.45. The molecule has 0 aromatic carbocycles. The molecule has 0 saturated carbocycles. The molecule has 1 amide bonds. The lowest BCUT2D eigenvalue weighted by atomic mass is 9.87. The molecule has 0 bridgehead atoms. The molecule has 4 heteroatoms. The third kappa shape index (κ3) is 3.03. The summed E-state index contributed by atoms with van der Waals surface area (Å²) in [5, 5.41) is 0. The molecule has 1 aliphatic heterocycles. The molecule has 0 aromatic heterocycles. The molecule has 1 rings (SSSR count). The number of carbonyl (C=O) groups is 2. The van der Waals surface area contributed by atoms with E-state index in [2.05, 4.69) is 0 Å². The lowest BCUT2D eigenvalue weighted by Gasteiger charge is -2.36. The van der Waals surface area contributed by atoms with E-state index >= 15 is 0 Å². The van der Waals surface area contributed by atoms with Crippen molar-refractivity contribution >= 4 is 11.9 Å². The van der Waals surface area contributed by atoms with Crippen LogP contribution in [0.1, 0.15) is 54.4 Å². The van der Waals surface area contributed by atoms with Gasteiger partial charge in [0.15, 0.2) is 5.78 Å². The van der Waals surface area contributed by atoms with Crippen molar-refractivity contribution in [2.45, 2.75) is 65.5 Å². The highest BCUT2D eigenvalue weighted by Gasteiger charge is 2.47. The molecule has 0 unspecified atom stereocenters. The number of Topliss-reactive ketones (excluding diaryl/α,β-unsaturated/α-hetero) is 1. The van der Waals surface area contributed by atoms with Gasteiger partial charge in [-0.2, -0.15) is 0 Å². The van der Waals surface area contributed by atoms with Gasteiger partial charge in [0.1, 0.15) is 11.1 Å². The van der Waals surface area contributed by atoms with Gasteiger partial charge in [0.2, 0.25) is 0 Å². The van der Waals surface area contributed by atoms with Gasteiger partial charge < -0.3 is 4.74 Å². The first-order valence-corrected chi connectivity index (χ1v) is 6.63. The van der Waals surface area contributed by atoms with E-state index in [-0.39, 0.29) is 17.8 Å². The van der Waals surface area contributed by atoms with E-state index in [0.29, 0.717) is 6.54 Å². The van der Waals surface area contributed by atoms with Gasteiger partial charge in [-0.1, -0.05) is 13.8 Å². The molecular weight excluding hydrogens is 230 g/mol. The van der Waals surface area contributed by atoms with Crippen LogP contribution in [0.15, 0.2) is 0 Å². The summed E-state index contributed by atoms with van der Waals surface area (Å²) in [4.78, 5) is 26.1. The number of rotatable bonds is 2. The Bertz CT molecular complexity index is 343. The Morgan fingerprint density at radius 3 is 2.28 bits per heavy atom. The average Bonchev–Trinajstić information content (AvgIpc) is 2.57. The Labute approximate surface area is 110 Å². The summed E-state index contributed by atoms with van der Waals surface area (Å²) >= 11 is 0. The van der Waals surface area contributed by atoms with Crippen LogP contribution in [0.5, 0.6) is 0 Å². The van der Waals surface area contributed by atoms with E-state index in [1.165, 1.54) is 0 Å². The van der Waals surface area contributed by atoms with E-state index in [1.54, 1.807) is 4.90 Å². The smallest absolute Gasteiger partial charge is 0.411 e. The van der Waals surface area contributed by atoms with Crippen LogP contribution in [0.4, 0.5) is 4.79 Å². The fraction of sp³-hybridized carbons (Fsp3) is 0.857. The van der Waals surface area contributed by atoms with Gasteiger partial charge in [-0.15, -0.1) is 0 Å². The Morgan fingerprint density at radius 1 is 1.28 bits per heavy atom. The van der Waals surface area contributed by atoms with Gasteiger partial charge in [-0.25, -0.2) is 4.79 Å². The third-order valence-corrected chi connectivity index (χ3v) is 3.31. The summed E-state index contributed by atoms with van der Waals surface area (Å²) in [6.07, 6.45) is 1.20. The minimum absolute atomic E-state index is 0.0713. The molecule has 104 valence electrons. The van der Waals surface area contributed by atoms with Gasteiger partial charge in [0.05, 0.1) is 0 Å². The molecule has 1 fully saturated rings. The molecule has 1 aliphatic rings. The Hall–Kier alpha value is -1.06. The minimum atomic E-state index is -0.698. The molecule has 1 atom stereocenters. The Balaban J connectivity index is 2.88. The highest BCUT2D eigenvalue weighted by Crippen LogP contribution is 2.33. The number of hydrogen-bond donors (Lipinski definition) is 0. The number of nitrogens with zero attached hydrogens (tertiary/aromatic N) is 1. The minimum Gasteiger partial charge on any atom is -0.444 e. The predicted octanol–water partition coefficient (Wildman–Crippen LogP) is 3.00. The van der Waals surface area contributed by atoms with E-state index in [0.717, 1.165) is 12.8 Å². The van der Waals surface area contributed by atoms with Crippen LogP contribution in [0.25, 0.3) is 0 Å². The zero-order chi connectivity index (χ0) is 14.1. The van der Waals surface area contributed by atoms with Crippen LogP contribution in [0.2, 0.25) is 0 Å². The molecular formula is C14H25NO3. The molecule has 0 aliphatic carbocycles. The Kier molecular flexibility index (Phi) is 4.08. The monoisotopic (exact) mass is 255 g/mol. The van der Waals surface area contributed by atoms with E-state index < -0.39 is 11.1 Å². The second-order valence-corrected chi connectivity index (χ2v) is 6.53. The second kappa shape index (κ2) is 4.90. The van der Waals surface area contributed by atoms with E-state index in [1.807, 2.05) is 41.5 Å². The number of ether oxygens (including phenoxy) is 1. The number of hydrogen-bond acceptors (Lipinski definition) is 3. The van der Waals surface area contributed by atoms with Crippen molar-refractivity contribution in [1.29, 1.82) is 0 Å². The van der Waals surface area contributed by atoms with Crippen LogP contribution < -0.4 is 0 Å². The number of amides is 1. The third-order valence-electron chi connectivity index (χ3n) is 3.31. The first-order valence-electron chi connectivity index (χ1n) is 6.63. The van der Waals surface area contributed by atoms with Crippen LogP contribution in [-0.4, -0.2) is 34.5 Å². The quantitative estimate of drug-likeness (QED) is 0.762. The van der Waals surface area contributed by atoms with Gasteiger partial charge in [-0.3, -0.25) is 9.69 Å². The summed E-state index contributed by atoms with van der Waals surface area (Å²) in [6.45, 7) is 11.7. The van der Waals surface area contributed by atoms with Gasteiger partial charge in [-0.05, 0) is 40.5 Å². The topological polar surface area (TPSA) is 46.6 Å². The number of ketones is 1. The van der Waals surface area contributed by atoms with Crippen molar-refractivity contribution in [2.75, 3.05) is 6.54 Å². The lowest BCUT2D eigenvalue weighted by molar-refractivity contribution is -0.131. The fourth-order valence-electron chi connectivity index (χ4n) is 2.45. The Morgan fingerprint density at radius 2 is 1.83 bits per heavy atom. The van der Waals surface area contributed by atoms with Gasteiger partial charge >= 0.3 is 6.09 Å². The molecule has 1 saturated heterocycles. The van der Waals surface area contributed by atoms with Crippen LogP contribution in [0.3, 0.4) is 0 Å². The lowest BCUT2D eigenvalue weighted by Crippen LogP contribution is -2.53. The summed E-state index contributed by atoms with van der Waals surface area (Å²) in [5.74, 6) is 0.0453. The standard InChI is InChI=1S/C14H25NO3/c1-10(2)11(16)14(6)8-7-9-15(14)12(17)18-13(3,4)5/h10H,7-9H2,1-6H3/t14-/m1/s1. The number of carbonyl (C=O) groups excluding carboxylic acids is 2. The van der Waals surface area contributed by atoms with Crippen LogP contribution >= 0.6 is 0 Å². The summed E-state index contributed by atoms with van der Waals surface area (Å²) in [7, 11) is 0. The molecule has 0 N–H and O–H groups in total. The molecule has 1 heterocycles. The van der Waals surface area contributed by atoms with Crippen molar-refractivity contribution in [2.24, 2.45) is 5.92 Å². The second-order valence-electron chi connectivity index (χ2n) is 6.53. The van der Waals surface area contributed by atoms with Crippen LogP contribution in [-0.2, 0) is 9.53 Å². The molecule has 4 nitrogen and oxygen atoms in total. The number of likely N-dealkylation sites (tertiary alicyclic amines) is 1.